The van der Waals surface area contributed by atoms with Crippen LogP contribution >= 0.6 is 11.6 Å². The third-order valence-corrected chi connectivity index (χ3v) is 3.23. The monoisotopic (exact) mass is 291 g/mol. The fourth-order valence-electron chi connectivity index (χ4n) is 1.96. The second kappa shape index (κ2) is 6.64. The van der Waals surface area contributed by atoms with Gasteiger partial charge in [0.05, 0.1) is 7.11 Å². The maximum atomic E-state index is 6.05. The van der Waals surface area contributed by atoms with Crippen LogP contribution in [0.4, 0.5) is 0 Å². The largest absolute Gasteiger partial charge is 0.497 e. The maximum Gasteiger partial charge on any atom is 0.139 e. The van der Waals surface area contributed by atoms with Crippen LogP contribution in [0.3, 0.4) is 0 Å². The Kier molecular flexibility index (Phi) is 4.88. The third kappa shape index (κ3) is 3.65. The highest BCUT2D eigenvalue weighted by Crippen LogP contribution is 2.27. The van der Waals surface area contributed by atoms with Gasteiger partial charge in [-0.25, -0.2) is 0 Å². The summed E-state index contributed by atoms with van der Waals surface area (Å²) in [6.45, 7) is 1.92. The predicted octanol–water partition coefficient (Wildman–Crippen LogP) is 3.82. The van der Waals surface area contributed by atoms with E-state index in [1.165, 1.54) is 0 Å². The molecule has 0 aromatic heterocycles. The Bertz CT molecular complexity index is 555. The Morgan fingerprint density at radius 1 is 1.05 bits per heavy atom. The lowest BCUT2D eigenvalue weighted by molar-refractivity contribution is 0.180. The molecular weight excluding hydrogens is 274 g/mol. The van der Waals surface area contributed by atoms with E-state index in [9.17, 15) is 0 Å². The van der Waals surface area contributed by atoms with Crippen molar-refractivity contribution in [2.45, 2.75) is 19.1 Å². The van der Waals surface area contributed by atoms with Crippen molar-refractivity contribution >= 4 is 11.6 Å². The molecule has 0 fully saturated rings. The maximum absolute atomic E-state index is 6.05. The third-order valence-electron chi connectivity index (χ3n) is 2.98. The second-order valence-corrected chi connectivity index (χ2v) is 5.06. The minimum absolute atomic E-state index is 0.155. The van der Waals surface area contributed by atoms with Gasteiger partial charge in [0.1, 0.15) is 17.6 Å². The van der Waals surface area contributed by atoms with Gasteiger partial charge in [-0.05, 0) is 48.9 Å². The topological polar surface area (TPSA) is 44.5 Å². The van der Waals surface area contributed by atoms with Crippen LogP contribution in [0.5, 0.6) is 11.5 Å². The Hall–Kier alpha value is -1.71. The predicted molar refractivity (Wildman–Crippen MR) is 81.5 cm³/mol. The first-order valence-corrected chi connectivity index (χ1v) is 6.79. The minimum Gasteiger partial charge on any atom is -0.497 e. The van der Waals surface area contributed by atoms with Crippen LogP contribution in [-0.2, 0) is 0 Å². The molecule has 0 radical (unpaired) electrons. The average molecular weight is 292 g/mol. The molecule has 0 aliphatic heterocycles. The van der Waals surface area contributed by atoms with Gasteiger partial charge in [-0.3, -0.25) is 0 Å². The highest BCUT2D eigenvalue weighted by molar-refractivity contribution is 6.30. The van der Waals surface area contributed by atoms with Gasteiger partial charge < -0.3 is 15.2 Å². The molecule has 0 amide bonds. The van der Waals surface area contributed by atoms with E-state index in [0.29, 0.717) is 5.02 Å². The lowest BCUT2D eigenvalue weighted by Gasteiger charge is -2.23. The zero-order valence-electron chi connectivity index (χ0n) is 11.5. The van der Waals surface area contributed by atoms with E-state index in [1.807, 2.05) is 43.3 Å². The first-order valence-electron chi connectivity index (χ1n) is 6.42. The van der Waals surface area contributed by atoms with Gasteiger partial charge in [-0.1, -0.05) is 23.7 Å². The van der Waals surface area contributed by atoms with Crippen molar-refractivity contribution in [1.29, 1.82) is 0 Å². The quantitative estimate of drug-likeness (QED) is 0.911. The van der Waals surface area contributed by atoms with E-state index in [1.54, 1.807) is 19.2 Å². The fourth-order valence-corrected chi connectivity index (χ4v) is 2.08. The molecule has 2 rings (SSSR count). The van der Waals surface area contributed by atoms with Crippen LogP contribution < -0.4 is 15.2 Å². The Balaban J connectivity index is 2.24. The van der Waals surface area contributed by atoms with Crippen molar-refractivity contribution in [3.8, 4) is 11.5 Å². The second-order valence-electron chi connectivity index (χ2n) is 4.63. The molecule has 0 spiro atoms. The molecule has 0 heterocycles. The van der Waals surface area contributed by atoms with Crippen LogP contribution in [-0.4, -0.2) is 13.2 Å². The first kappa shape index (κ1) is 14.7. The van der Waals surface area contributed by atoms with E-state index in [4.69, 9.17) is 26.8 Å². The summed E-state index contributed by atoms with van der Waals surface area (Å²) in [5.41, 5.74) is 7.03. The number of rotatable bonds is 5. The highest BCUT2D eigenvalue weighted by Gasteiger charge is 2.18. The van der Waals surface area contributed by atoms with Crippen molar-refractivity contribution in [3.05, 3.63) is 59.1 Å². The van der Waals surface area contributed by atoms with Gasteiger partial charge in [0.25, 0.3) is 0 Å². The van der Waals surface area contributed by atoms with Crippen LogP contribution in [0.2, 0.25) is 5.02 Å². The lowest BCUT2D eigenvalue weighted by Crippen LogP contribution is -2.29. The molecule has 106 valence electrons. The van der Waals surface area contributed by atoms with Gasteiger partial charge in [0, 0.05) is 11.1 Å². The standard InChI is InChI=1S/C16H18ClNO2/c1-11(18)16(12-4-3-5-15(10-12)19-2)20-14-8-6-13(17)7-9-14/h3-11,16H,18H2,1-2H3. The lowest BCUT2D eigenvalue weighted by atomic mass is 10.0. The Morgan fingerprint density at radius 3 is 2.35 bits per heavy atom. The molecule has 0 saturated heterocycles. The van der Waals surface area contributed by atoms with Gasteiger partial charge in [0.15, 0.2) is 0 Å². The average Bonchev–Trinajstić information content (AvgIpc) is 2.46. The van der Waals surface area contributed by atoms with E-state index < -0.39 is 0 Å². The fraction of sp³-hybridized carbons (Fsp3) is 0.250. The van der Waals surface area contributed by atoms with Gasteiger partial charge in [-0.15, -0.1) is 0 Å². The Morgan fingerprint density at radius 2 is 1.75 bits per heavy atom. The summed E-state index contributed by atoms with van der Waals surface area (Å²) in [5.74, 6) is 1.52. The Labute approximate surface area is 124 Å². The summed E-state index contributed by atoms with van der Waals surface area (Å²) in [6, 6.07) is 14.8. The van der Waals surface area contributed by atoms with Crippen molar-refractivity contribution in [3.63, 3.8) is 0 Å². The summed E-state index contributed by atoms with van der Waals surface area (Å²) >= 11 is 5.87. The van der Waals surface area contributed by atoms with Crippen molar-refractivity contribution in [2.75, 3.05) is 7.11 Å². The van der Waals surface area contributed by atoms with E-state index >= 15 is 0 Å². The number of ether oxygens (including phenoxy) is 2. The molecule has 2 atom stereocenters. The van der Waals surface area contributed by atoms with Gasteiger partial charge >= 0.3 is 0 Å². The van der Waals surface area contributed by atoms with Crippen molar-refractivity contribution < 1.29 is 9.47 Å². The smallest absolute Gasteiger partial charge is 0.139 e. The molecule has 4 heteroatoms. The molecule has 0 bridgehead atoms. The summed E-state index contributed by atoms with van der Waals surface area (Å²) in [5, 5.41) is 0.677. The van der Waals surface area contributed by atoms with Crippen LogP contribution in [0.1, 0.15) is 18.6 Å². The molecule has 0 saturated carbocycles. The molecular formula is C16H18ClNO2. The molecule has 0 aliphatic carbocycles. The summed E-state index contributed by atoms with van der Waals surface area (Å²) in [6.07, 6.45) is -0.244. The zero-order valence-corrected chi connectivity index (χ0v) is 12.3. The van der Waals surface area contributed by atoms with Crippen molar-refractivity contribution in [1.82, 2.24) is 0 Å². The van der Waals surface area contributed by atoms with Crippen LogP contribution in [0.15, 0.2) is 48.5 Å². The highest BCUT2D eigenvalue weighted by atomic mass is 35.5. The van der Waals surface area contributed by atoms with E-state index in [-0.39, 0.29) is 12.1 Å². The molecule has 2 N–H and O–H groups in total. The zero-order chi connectivity index (χ0) is 14.5. The van der Waals surface area contributed by atoms with Crippen LogP contribution in [0.25, 0.3) is 0 Å². The number of benzene rings is 2. The number of hydrogen-bond donors (Lipinski definition) is 1. The summed E-state index contributed by atoms with van der Waals surface area (Å²) in [7, 11) is 1.64. The van der Waals surface area contributed by atoms with Gasteiger partial charge in [0.2, 0.25) is 0 Å². The van der Waals surface area contributed by atoms with Crippen LogP contribution in [0, 0.1) is 0 Å². The first-order chi connectivity index (χ1) is 9.60. The molecule has 3 nitrogen and oxygen atoms in total. The van der Waals surface area contributed by atoms with Gasteiger partial charge in [-0.2, -0.15) is 0 Å². The number of halogens is 1. The number of methoxy groups -OCH3 is 1. The van der Waals surface area contributed by atoms with E-state index in [2.05, 4.69) is 0 Å². The minimum atomic E-state index is -0.244. The summed E-state index contributed by atoms with van der Waals surface area (Å²) < 4.78 is 11.2. The SMILES string of the molecule is COc1cccc(C(Oc2ccc(Cl)cc2)C(C)N)c1. The molecule has 0 aliphatic rings. The van der Waals surface area contributed by atoms with E-state index in [0.717, 1.165) is 17.1 Å². The molecule has 2 aromatic carbocycles. The normalized spacial score (nSPS) is 13.6. The molecule has 20 heavy (non-hydrogen) atoms. The molecule has 2 unspecified atom stereocenters. The molecule has 2 aromatic rings. The number of nitrogens with two attached hydrogens (primary N) is 1. The van der Waals surface area contributed by atoms with Crippen molar-refractivity contribution in [2.24, 2.45) is 5.73 Å². The number of hydrogen-bond acceptors (Lipinski definition) is 3. The summed E-state index contributed by atoms with van der Waals surface area (Å²) in [4.78, 5) is 0.